The fourth-order valence-corrected chi connectivity index (χ4v) is 4.06. The van der Waals surface area contributed by atoms with E-state index < -0.39 is 0 Å². The maximum atomic E-state index is 13.9. The molecule has 0 aromatic heterocycles. The fraction of sp³-hybridized carbons (Fsp3) is 0.409. The van der Waals surface area contributed by atoms with Crippen molar-refractivity contribution >= 4 is 11.6 Å². The third-order valence-electron chi connectivity index (χ3n) is 5.66. The molecule has 148 valence electrons. The zero-order valence-electron chi connectivity index (χ0n) is 16.2. The van der Waals surface area contributed by atoms with E-state index in [1.807, 2.05) is 17.0 Å². The van der Waals surface area contributed by atoms with Crippen LogP contribution in [0.3, 0.4) is 0 Å². The van der Waals surface area contributed by atoms with E-state index in [1.165, 1.54) is 24.4 Å². The SMILES string of the molecule is COc1ccc(CN2CCN(C(=O)CN3CCc4ccccc43)CC2)cc1F. The summed E-state index contributed by atoms with van der Waals surface area (Å²) in [7, 11) is 1.47. The minimum atomic E-state index is -0.334. The molecule has 0 saturated carbocycles. The average molecular weight is 383 g/mol. The number of piperazine rings is 1. The molecule has 4 rings (SSSR count). The number of hydrogen-bond donors (Lipinski definition) is 0. The van der Waals surface area contributed by atoms with Crippen LogP contribution in [-0.4, -0.2) is 62.1 Å². The molecule has 1 fully saturated rings. The molecule has 28 heavy (non-hydrogen) atoms. The van der Waals surface area contributed by atoms with Crippen molar-refractivity contribution in [1.29, 1.82) is 0 Å². The van der Waals surface area contributed by atoms with Gasteiger partial charge in [-0.1, -0.05) is 24.3 Å². The molecule has 2 heterocycles. The van der Waals surface area contributed by atoms with Gasteiger partial charge in [0.05, 0.1) is 13.7 Å². The van der Waals surface area contributed by atoms with E-state index in [0.29, 0.717) is 26.2 Å². The van der Waals surface area contributed by atoms with E-state index in [4.69, 9.17) is 4.74 Å². The summed E-state index contributed by atoms with van der Waals surface area (Å²) in [4.78, 5) is 19.1. The lowest BCUT2D eigenvalue weighted by Gasteiger charge is -2.35. The number of fused-ring (bicyclic) bond motifs is 1. The molecule has 0 atom stereocenters. The number of anilines is 1. The number of nitrogens with zero attached hydrogens (tertiary/aromatic N) is 3. The van der Waals surface area contributed by atoms with Gasteiger partial charge in [-0.3, -0.25) is 9.69 Å². The second kappa shape index (κ2) is 8.19. The van der Waals surface area contributed by atoms with Crippen LogP contribution in [-0.2, 0) is 17.8 Å². The van der Waals surface area contributed by atoms with Gasteiger partial charge in [-0.15, -0.1) is 0 Å². The third-order valence-corrected chi connectivity index (χ3v) is 5.66. The van der Waals surface area contributed by atoms with E-state index in [2.05, 4.69) is 28.0 Å². The molecule has 0 bridgehead atoms. The van der Waals surface area contributed by atoms with Gasteiger partial charge in [0.15, 0.2) is 11.6 Å². The second-order valence-electron chi connectivity index (χ2n) is 7.43. The standard InChI is InChI=1S/C22H26FN3O2/c1-28-21-7-6-17(14-19(21)23)15-24-10-12-25(13-11-24)22(27)16-26-9-8-18-4-2-3-5-20(18)26/h2-7,14H,8-13,15-16H2,1H3. The Morgan fingerprint density at radius 1 is 1.07 bits per heavy atom. The fourth-order valence-electron chi connectivity index (χ4n) is 4.06. The van der Waals surface area contributed by atoms with Crippen molar-refractivity contribution in [2.45, 2.75) is 13.0 Å². The summed E-state index contributed by atoms with van der Waals surface area (Å²) in [6.45, 7) is 5.07. The Labute approximate surface area is 165 Å². The number of hydrogen-bond acceptors (Lipinski definition) is 4. The van der Waals surface area contributed by atoms with E-state index >= 15 is 0 Å². The molecule has 2 aromatic carbocycles. The first-order chi connectivity index (χ1) is 13.6. The Bertz CT molecular complexity index is 849. The minimum Gasteiger partial charge on any atom is -0.494 e. The summed E-state index contributed by atoms with van der Waals surface area (Å²) in [6.07, 6.45) is 1.01. The van der Waals surface area contributed by atoms with Gasteiger partial charge in [-0.05, 0) is 35.7 Å². The molecule has 6 heteroatoms. The van der Waals surface area contributed by atoms with E-state index in [-0.39, 0.29) is 17.5 Å². The topological polar surface area (TPSA) is 36.0 Å². The highest BCUT2D eigenvalue weighted by Gasteiger charge is 2.25. The van der Waals surface area contributed by atoms with Gasteiger partial charge in [-0.2, -0.15) is 0 Å². The van der Waals surface area contributed by atoms with Gasteiger partial charge in [0.25, 0.3) is 0 Å². The zero-order valence-corrected chi connectivity index (χ0v) is 16.2. The Hall–Kier alpha value is -2.60. The van der Waals surface area contributed by atoms with Gasteiger partial charge in [0.2, 0.25) is 5.91 Å². The van der Waals surface area contributed by atoms with E-state index in [0.717, 1.165) is 31.6 Å². The lowest BCUT2D eigenvalue weighted by atomic mass is 10.1. The number of halogens is 1. The molecular formula is C22H26FN3O2. The summed E-state index contributed by atoms with van der Waals surface area (Å²) in [5.74, 6) is 0.120. The summed E-state index contributed by atoms with van der Waals surface area (Å²) in [5.41, 5.74) is 3.44. The smallest absolute Gasteiger partial charge is 0.242 e. The van der Waals surface area contributed by atoms with Crippen molar-refractivity contribution in [2.24, 2.45) is 0 Å². The maximum absolute atomic E-state index is 13.9. The van der Waals surface area contributed by atoms with Crippen LogP contribution in [0.2, 0.25) is 0 Å². The number of para-hydroxylation sites is 1. The first-order valence-corrected chi connectivity index (χ1v) is 9.79. The summed E-state index contributed by atoms with van der Waals surface area (Å²) in [6, 6.07) is 13.4. The van der Waals surface area contributed by atoms with E-state index in [9.17, 15) is 9.18 Å². The zero-order chi connectivity index (χ0) is 19.5. The predicted molar refractivity (Wildman–Crippen MR) is 107 cm³/mol. The monoisotopic (exact) mass is 383 g/mol. The van der Waals surface area contributed by atoms with Gasteiger partial charge in [0, 0.05) is 45.0 Å². The number of ether oxygens (including phenoxy) is 1. The molecule has 1 amide bonds. The van der Waals surface area contributed by atoms with Crippen molar-refractivity contribution in [2.75, 3.05) is 51.3 Å². The molecule has 2 aromatic rings. The highest BCUT2D eigenvalue weighted by atomic mass is 19.1. The van der Waals surface area contributed by atoms with Crippen LogP contribution in [0.4, 0.5) is 10.1 Å². The van der Waals surface area contributed by atoms with Crippen molar-refractivity contribution < 1.29 is 13.9 Å². The Kier molecular flexibility index (Phi) is 5.48. The van der Waals surface area contributed by atoms with Crippen molar-refractivity contribution in [1.82, 2.24) is 9.80 Å². The van der Waals surface area contributed by atoms with Crippen LogP contribution < -0.4 is 9.64 Å². The molecule has 0 spiro atoms. The quantitative estimate of drug-likeness (QED) is 0.795. The number of benzene rings is 2. The summed E-state index contributed by atoms with van der Waals surface area (Å²) >= 11 is 0. The van der Waals surface area contributed by atoms with Crippen LogP contribution >= 0.6 is 0 Å². The second-order valence-corrected chi connectivity index (χ2v) is 7.43. The summed E-state index contributed by atoms with van der Waals surface area (Å²) < 4.78 is 18.8. The van der Waals surface area contributed by atoms with Crippen LogP contribution in [0, 0.1) is 5.82 Å². The number of carbonyl (C=O) groups excluding carboxylic acids is 1. The van der Waals surface area contributed by atoms with Crippen LogP contribution in [0.15, 0.2) is 42.5 Å². The van der Waals surface area contributed by atoms with Crippen LogP contribution in [0.5, 0.6) is 5.75 Å². The molecule has 0 unspecified atom stereocenters. The molecule has 0 N–H and O–H groups in total. The number of rotatable bonds is 5. The Balaban J connectivity index is 1.28. The Morgan fingerprint density at radius 2 is 1.86 bits per heavy atom. The molecule has 2 aliphatic rings. The summed E-state index contributed by atoms with van der Waals surface area (Å²) in [5, 5.41) is 0. The first-order valence-electron chi connectivity index (χ1n) is 9.79. The normalized spacial score (nSPS) is 16.9. The molecular weight excluding hydrogens is 357 g/mol. The number of carbonyl (C=O) groups is 1. The third kappa shape index (κ3) is 3.97. The number of amides is 1. The molecule has 0 aliphatic carbocycles. The van der Waals surface area contributed by atoms with Crippen molar-refractivity contribution in [3.8, 4) is 5.75 Å². The molecule has 0 radical (unpaired) electrons. The van der Waals surface area contributed by atoms with Crippen LogP contribution in [0.25, 0.3) is 0 Å². The van der Waals surface area contributed by atoms with Gasteiger partial charge < -0.3 is 14.5 Å². The molecule has 5 nitrogen and oxygen atoms in total. The first kappa shape index (κ1) is 18.7. The van der Waals surface area contributed by atoms with Crippen LogP contribution in [0.1, 0.15) is 11.1 Å². The van der Waals surface area contributed by atoms with Gasteiger partial charge in [0.1, 0.15) is 0 Å². The lowest BCUT2D eigenvalue weighted by molar-refractivity contribution is -0.131. The highest BCUT2D eigenvalue weighted by Crippen LogP contribution is 2.27. The maximum Gasteiger partial charge on any atom is 0.242 e. The minimum absolute atomic E-state index is 0.187. The van der Waals surface area contributed by atoms with E-state index in [1.54, 1.807) is 6.07 Å². The van der Waals surface area contributed by atoms with Gasteiger partial charge >= 0.3 is 0 Å². The molecule has 1 saturated heterocycles. The molecule has 2 aliphatic heterocycles. The predicted octanol–water partition coefficient (Wildman–Crippen LogP) is 2.54. The highest BCUT2D eigenvalue weighted by molar-refractivity contribution is 5.82. The lowest BCUT2D eigenvalue weighted by Crippen LogP contribution is -2.50. The average Bonchev–Trinajstić information content (AvgIpc) is 3.12. The largest absolute Gasteiger partial charge is 0.494 e. The Morgan fingerprint density at radius 3 is 2.61 bits per heavy atom. The van der Waals surface area contributed by atoms with Crippen molar-refractivity contribution in [3.05, 3.63) is 59.4 Å². The van der Waals surface area contributed by atoms with Crippen molar-refractivity contribution in [3.63, 3.8) is 0 Å². The number of methoxy groups -OCH3 is 1. The van der Waals surface area contributed by atoms with Gasteiger partial charge in [-0.25, -0.2) is 4.39 Å².